The minimum Gasteiger partial charge on any atom is -0.374 e. The van der Waals surface area contributed by atoms with Gasteiger partial charge in [-0.2, -0.15) is 0 Å². The lowest BCUT2D eigenvalue weighted by atomic mass is 10.1. The van der Waals surface area contributed by atoms with Crippen LogP contribution in [0.15, 0.2) is 24.3 Å². The van der Waals surface area contributed by atoms with Crippen molar-refractivity contribution < 1.29 is 0 Å². The Kier molecular flexibility index (Phi) is 1.95. The van der Waals surface area contributed by atoms with Gasteiger partial charge in [-0.25, -0.2) is 0 Å². The first-order valence-electron chi connectivity index (χ1n) is 4.98. The van der Waals surface area contributed by atoms with E-state index >= 15 is 0 Å². The van der Waals surface area contributed by atoms with Crippen molar-refractivity contribution in [1.82, 2.24) is 10.2 Å². The summed E-state index contributed by atoms with van der Waals surface area (Å²) in [6, 6.07) is 8.57. The van der Waals surface area contributed by atoms with E-state index in [1.165, 1.54) is 22.5 Å². The number of nitrogens with zero attached hydrogens (tertiary/aromatic N) is 2. The van der Waals surface area contributed by atoms with Crippen molar-refractivity contribution in [2.24, 2.45) is 0 Å². The second-order valence-corrected chi connectivity index (χ2v) is 4.89. The SMILES string of the molecule is Nc1nnc(C2Cc3ccccc3C2)s1. The molecule has 0 bridgehead atoms. The molecule has 0 saturated heterocycles. The number of nitrogen functional groups attached to an aromatic ring is 1. The molecule has 3 rings (SSSR count). The van der Waals surface area contributed by atoms with Crippen molar-refractivity contribution in [3.05, 3.63) is 40.4 Å². The molecule has 1 aromatic carbocycles. The number of hydrogen-bond donors (Lipinski definition) is 1. The second kappa shape index (κ2) is 3.31. The van der Waals surface area contributed by atoms with Gasteiger partial charge in [-0.05, 0) is 24.0 Å². The summed E-state index contributed by atoms with van der Waals surface area (Å²) in [4.78, 5) is 0. The average molecular weight is 217 g/mol. The van der Waals surface area contributed by atoms with Gasteiger partial charge in [0.25, 0.3) is 0 Å². The van der Waals surface area contributed by atoms with Crippen molar-refractivity contribution in [3.8, 4) is 0 Å². The van der Waals surface area contributed by atoms with Crippen LogP contribution in [-0.2, 0) is 12.8 Å². The number of rotatable bonds is 1. The molecule has 0 fully saturated rings. The van der Waals surface area contributed by atoms with Gasteiger partial charge < -0.3 is 5.73 Å². The monoisotopic (exact) mass is 217 g/mol. The summed E-state index contributed by atoms with van der Waals surface area (Å²) in [7, 11) is 0. The highest BCUT2D eigenvalue weighted by molar-refractivity contribution is 7.15. The van der Waals surface area contributed by atoms with E-state index < -0.39 is 0 Å². The lowest BCUT2D eigenvalue weighted by molar-refractivity contribution is 0.721. The maximum Gasteiger partial charge on any atom is 0.203 e. The molecule has 0 radical (unpaired) electrons. The summed E-state index contributed by atoms with van der Waals surface area (Å²) >= 11 is 1.51. The zero-order chi connectivity index (χ0) is 10.3. The van der Waals surface area contributed by atoms with Crippen LogP contribution in [0.5, 0.6) is 0 Å². The van der Waals surface area contributed by atoms with Crippen LogP contribution in [-0.4, -0.2) is 10.2 Å². The van der Waals surface area contributed by atoms with E-state index in [2.05, 4.69) is 34.5 Å². The number of anilines is 1. The number of benzene rings is 1. The number of aromatic nitrogens is 2. The molecule has 0 unspecified atom stereocenters. The molecule has 76 valence electrons. The Morgan fingerprint density at radius 2 is 1.80 bits per heavy atom. The van der Waals surface area contributed by atoms with Gasteiger partial charge in [0, 0.05) is 5.92 Å². The van der Waals surface area contributed by atoms with Crippen LogP contribution in [0.1, 0.15) is 22.1 Å². The van der Waals surface area contributed by atoms with Gasteiger partial charge >= 0.3 is 0 Å². The molecule has 0 aliphatic heterocycles. The van der Waals surface area contributed by atoms with Crippen LogP contribution in [0.4, 0.5) is 5.13 Å². The summed E-state index contributed by atoms with van der Waals surface area (Å²) in [6.45, 7) is 0. The molecule has 1 heterocycles. The minimum atomic E-state index is 0.484. The maximum absolute atomic E-state index is 5.60. The van der Waals surface area contributed by atoms with Crippen LogP contribution in [0.2, 0.25) is 0 Å². The highest BCUT2D eigenvalue weighted by atomic mass is 32.1. The van der Waals surface area contributed by atoms with Crippen LogP contribution >= 0.6 is 11.3 Å². The number of hydrogen-bond acceptors (Lipinski definition) is 4. The molecule has 3 nitrogen and oxygen atoms in total. The minimum absolute atomic E-state index is 0.484. The van der Waals surface area contributed by atoms with Crippen LogP contribution in [0.25, 0.3) is 0 Å². The van der Waals surface area contributed by atoms with E-state index in [9.17, 15) is 0 Å². The van der Waals surface area contributed by atoms with Crippen molar-refractivity contribution >= 4 is 16.5 Å². The third kappa shape index (κ3) is 1.51. The molecular formula is C11H11N3S. The van der Waals surface area contributed by atoms with Crippen LogP contribution in [0, 0.1) is 0 Å². The predicted octanol–water partition coefficient (Wildman–Crippen LogP) is 2.00. The Balaban J connectivity index is 1.90. The Labute approximate surface area is 92.0 Å². The lowest BCUT2D eigenvalue weighted by Gasteiger charge is -2.01. The second-order valence-electron chi connectivity index (χ2n) is 3.85. The van der Waals surface area contributed by atoms with Gasteiger partial charge in [-0.1, -0.05) is 35.6 Å². The third-order valence-corrected chi connectivity index (χ3v) is 3.77. The highest BCUT2D eigenvalue weighted by Gasteiger charge is 2.25. The molecule has 0 spiro atoms. The van der Waals surface area contributed by atoms with Gasteiger partial charge in [-0.15, -0.1) is 10.2 Å². The van der Waals surface area contributed by atoms with Gasteiger partial charge in [-0.3, -0.25) is 0 Å². The zero-order valence-corrected chi connectivity index (χ0v) is 9.00. The van der Waals surface area contributed by atoms with Gasteiger partial charge in [0.15, 0.2) is 0 Å². The summed E-state index contributed by atoms with van der Waals surface area (Å²) < 4.78 is 0. The standard InChI is InChI=1S/C11H11N3S/c12-11-14-13-10(15-11)9-5-7-3-1-2-4-8(7)6-9/h1-4,9H,5-6H2,(H2,12,14). The van der Waals surface area contributed by atoms with Crippen LogP contribution < -0.4 is 5.73 Å². The summed E-state index contributed by atoms with van der Waals surface area (Å²) in [5.41, 5.74) is 8.48. The van der Waals surface area contributed by atoms with Crippen molar-refractivity contribution in [3.63, 3.8) is 0 Å². The van der Waals surface area contributed by atoms with E-state index in [4.69, 9.17) is 5.73 Å². The smallest absolute Gasteiger partial charge is 0.203 e. The summed E-state index contributed by atoms with van der Waals surface area (Å²) in [5.74, 6) is 0.484. The van der Waals surface area contributed by atoms with Crippen LogP contribution in [0.3, 0.4) is 0 Å². The normalized spacial score (nSPS) is 15.5. The molecule has 1 aliphatic carbocycles. The Morgan fingerprint density at radius 1 is 1.13 bits per heavy atom. The fraction of sp³-hybridized carbons (Fsp3) is 0.273. The molecule has 2 N–H and O–H groups in total. The largest absolute Gasteiger partial charge is 0.374 e. The van der Waals surface area contributed by atoms with Crippen molar-refractivity contribution in [1.29, 1.82) is 0 Å². The Hall–Kier alpha value is -1.42. The highest BCUT2D eigenvalue weighted by Crippen LogP contribution is 2.35. The first kappa shape index (κ1) is 8.85. The van der Waals surface area contributed by atoms with E-state index in [1.807, 2.05) is 0 Å². The molecule has 1 aromatic heterocycles. The Bertz CT molecular complexity index is 467. The lowest BCUT2D eigenvalue weighted by Crippen LogP contribution is -1.96. The molecular weight excluding hydrogens is 206 g/mol. The molecule has 0 atom stereocenters. The number of fused-ring (bicyclic) bond motifs is 1. The molecule has 0 amide bonds. The fourth-order valence-electron chi connectivity index (χ4n) is 2.14. The van der Waals surface area contributed by atoms with E-state index in [1.54, 1.807) is 0 Å². The first-order chi connectivity index (χ1) is 7.33. The van der Waals surface area contributed by atoms with E-state index in [0.717, 1.165) is 17.8 Å². The molecule has 15 heavy (non-hydrogen) atoms. The molecule has 1 aliphatic rings. The maximum atomic E-state index is 5.60. The third-order valence-electron chi connectivity index (χ3n) is 2.86. The zero-order valence-electron chi connectivity index (χ0n) is 8.18. The molecule has 4 heteroatoms. The Morgan fingerprint density at radius 3 is 2.33 bits per heavy atom. The first-order valence-corrected chi connectivity index (χ1v) is 5.80. The topological polar surface area (TPSA) is 51.8 Å². The quantitative estimate of drug-likeness (QED) is 0.795. The van der Waals surface area contributed by atoms with Gasteiger partial charge in [0.1, 0.15) is 5.01 Å². The summed E-state index contributed by atoms with van der Waals surface area (Å²) in [6.07, 6.45) is 2.15. The van der Waals surface area contributed by atoms with E-state index in [0.29, 0.717) is 11.0 Å². The molecule has 0 saturated carbocycles. The predicted molar refractivity (Wildman–Crippen MR) is 60.9 cm³/mol. The van der Waals surface area contributed by atoms with Crippen molar-refractivity contribution in [2.75, 3.05) is 5.73 Å². The van der Waals surface area contributed by atoms with Gasteiger partial charge in [0.05, 0.1) is 0 Å². The van der Waals surface area contributed by atoms with Gasteiger partial charge in [0.2, 0.25) is 5.13 Å². The van der Waals surface area contributed by atoms with Crippen molar-refractivity contribution in [2.45, 2.75) is 18.8 Å². The fourth-order valence-corrected chi connectivity index (χ4v) is 2.86. The molecule has 2 aromatic rings. The van der Waals surface area contributed by atoms with E-state index in [-0.39, 0.29) is 0 Å². The summed E-state index contributed by atoms with van der Waals surface area (Å²) in [5, 5.41) is 9.64. The average Bonchev–Trinajstić information content (AvgIpc) is 2.82. The number of nitrogens with two attached hydrogens (primary N) is 1.